The number of imide groups is 1. The van der Waals surface area contributed by atoms with E-state index in [-0.39, 0.29) is 6.04 Å². The second-order valence-electron chi connectivity index (χ2n) is 6.95. The first-order valence-corrected chi connectivity index (χ1v) is 10.1. The molecule has 1 aliphatic rings. The lowest BCUT2D eigenvalue weighted by Gasteiger charge is -2.12. The van der Waals surface area contributed by atoms with Gasteiger partial charge in [0.05, 0.1) is 11.4 Å². The van der Waals surface area contributed by atoms with Gasteiger partial charge < -0.3 is 10.1 Å². The number of carbonyl (C=O) groups excluding carboxylic acids is 3. The van der Waals surface area contributed by atoms with Crippen LogP contribution < -0.4 is 10.6 Å². The number of esters is 1. The highest BCUT2D eigenvalue weighted by molar-refractivity contribution is 7.20. The van der Waals surface area contributed by atoms with E-state index in [0.29, 0.717) is 4.88 Å². The van der Waals surface area contributed by atoms with Crippen LogP contribution in [0.25, 0.3) is 15.9 Å². The van der Waals surface area contributed by atoms with E-state index in [1.807, 2.05) is 37.3 Å². The average molecular weight is 412 g/mol. The first kappa shape index (κ1) is 19.1. The molecule has 0 unspecified atom stereocenters. The predicted molar refractivity (Wildman–Crippen MR) is 108 cm³/mol. The quantitative estimate of drug-likeness (QED) is 0.628. The van der Waals surface area contributed by atoms with Crippen molar-refractivity contribution in [3.05, 3.63) is 47.0 Å². The molecule has 1 fully saturated rings. The van der Waals surface area contributed by atoms with E-state index in [4.69, 9.17) is 4.74 Å². The van der Waals surface area contributed by atoms with Gasteiger partial charge >= 0.3 is 12.0 Å². The summed E-state index contributed by atoms with van der Waals surface area (Å²) < 4.78 is 7.04. The van der Waals surface area contributed by atoms with E-state index in [1.54, 1.807) is 10.7 Å². The summed E-state index contributed by atoms with van der Waals surface area (Å²) >= 11 is 1.25. The number of hydrogen-bond acceptors (Lipinski definition) is 6. The van der Waals surface area contributed by atoms with Gasteiger partial charge in [-0.3, -0.25) is 10.1 Å². The fourth-order valence-electron chi connectivity index (χ4n) is 2.83. The molecule has 0 radical (unpaired) electrons. The predicted octanol–water partition coefficient (Wildman–Crippen LogP) is 2.93. The minimum absolute atomic E-state index is 0.131. The summed E-state index contributed by atoms with van der Waals surface area (Å²) in [5, 5.41) is 10.2. The smallest absolute Gasteiger partial charge is 0.349 e. The molecule has 150 valence electrons. The molecule has 4 rings (SSSR count). The molecule has 29 heavy (non-hydrogen) atoms. The fourth-order valence-corrected chi connectivity index (χ4v) is 3.89. The number of aromatic nitrogens is 2. The number of carbonyl (C=O) groups is 3. The van der Waals surface area contributed by atoms with Crippen molar-refractivity contribution in [1.29, 1.82) is 0 Å². The number of para-hydroxylation sites is 1. The molecule has 2 aromatic heterocycles. The highest BCUT2D eigenvalue weighted by Crippen LogP contribution is 2.31. The molecule has 3 amide bonds. The number of benzene rings is 1. The lowest BCUT2D eigenvalue weighted by Crippen LogP contribution is -2.45. The Labute approximate surface area is 170 Å². The number of aryl methyl sites for hydroxylation is 1. The van der Waals surface area contributed by atoms with Gasteiger partial charge in [-0.2, -0.15) is 5.10 Å². The van der Waals surface area contributed by atoms with E-state index in [1.165, 1.54) is 18.3 Å². The maximum atomic E-state index is 12.5. The molecule has 1 aliphatic carbocycles. The molecule has 8 nitrogen and oxygen atoms in total. The minimum atomic E-state index is -1.09. The zero-order valence-corrected chi connectivity index (χ0v) is 16.8. The molecule has 1 saturated carbocycles. The third-order valence-corrected chi connectivity index (χ3v) is 5.64. The number of nitrogens with zero attached hydrogens (tertiary/aromatic N) is 2. The van der Waals surface area contributed by atoms with Crippen molar-refractivity contribution in [2.45, 2.75) is 38.8 Å². The van der Waals surface area contributed by atoms with Crippen LogP contribution in [-0.2, 0) is 9.53 Å². The van der Waals surface area contributed by atoms with Crippen molar-refractivity contribution in [1.82, 2.24) is 20.4 Å². The molecule has 9 heteroatoms. The molecule has 3 aromatic rings. The second kappa shape index (κ2) is 7.67. The van der Waals surface area contributed by atoms with Crippen LogP contribution in [0.3, 0.4) is 0 Å². The van der Waals surface area contributed by atoms with Gasteiger partial charge in [0.1, 0.15) is 9.71 Å². The molecule has 0 saturated heterocycles. The molecule has 0 aliphatic heterocycles. The van der Waals surface area contributed by atoms with E-state index in [9.17, 15) is 14.4 Å². The first-order valence-electron chi connectivity index (χ1n) is 9.29. The van der Waals surface area contributed by atoms with Crippen molar-refractivity contribution < 1.29 is 19.1 Å². The lowest BCUT2D eigenvalue weighted by atomic mass is 10.3. The Morgan fingerprint density at radius 3 is 2.66 bits per heavy atom. The highest BCUT2D eigenvalue weighted by Gasteiger charge is 2.27. The van der Waals surface area contributed by atoms with Gasteiger partial charge in [-0.1, -0.05) is 18.2 Å². The Morgan fingerprint density at radius 1 is 1.24 bits per heavy atom. The summed E-state index contributed by atoms with van der Waals surface area (Å²) in [4.78, 5) is 37.5. The monoisotopic (exact) mass is 412 g/mol. The molecule has 0 bridgehead atoms. The number of rotatable bonds is 5. The minimum Gasteiger partial charge on any atom is -0.448 e. The van der Waals surface area contributed by atoms with E-state index >= 15 is 0 Å². The summed E-state index contributed by atoms with van der Waals surface area (Å²) in [6.45, 7) is 3.31. The Morgan fingerprint density at radius 2 is 1.97 bits per heavy atom. The third-order valence-electron chi connectivity index (χ3n) is 4.55. The van der Waals surface area contributed by atoms with Crippen LogP contribution in [0.4, 0.5) is 4.79 Å². The lowest BCUT2D eigenvalue weighted by molar-refractivity contribution is -0.127. The van der Waals surface area contributed by atoms with Crippen molar-refractivity contribution in [2.24, 2.45) is 0 Å². The van der Waals surface area contributed by atoms with Gasteiger partial charge in [0.15, 0.2) is 6.10 Å². The summed E-state index contributed by atoms with van der Waals surface area (Å²) in [6, 6.07) is 10.9. The molecular formula is C20H20N4O4S. The van der Waals surface area contributed by atoms with Crippen molar-refractivity contribution in [3.63, 3.8) is 0 Å². The maximum absolute atomic E-state index is 12.5. The van der Waals surface area contributed by atoms with Gasteiger partial charge in [-0.25, -0.2) is 14.3 Å². The summed E-state index contributed by atoms with van der Waals surface area (Å²) in [6.07, 6.45) is 0.736. The second-order valence-corrected chi connectivity index (χ2v) is 7.98. The Balaban J connectivity index is 1.47. The number of urea groups is 1. The first-order chi connectivity index (χ1) is 13.9. The van der Waals surface area contributed by atoms with Crippen LogP contribution in [-0.4, -0.2) is 39.8 Å². The standard InChI is InChI=1S/C20H20N4O4S/c1-11-15-10-16(29-18(15)24(23-11)14-6-4-3-5-7-14)19(26)28-12(2)17(25)22-20(27)21-13-8-9-13/h3-7,10,12-13H,8-9H2,1-2H3,(H2,21,22,25,27)/t12-/m1/s1. The van der Waals surface area contributed by atoms with Crippen LogP contribution in [0.1, 0.15) is 35.1 Å². The zero-order valence-electron chi connectivity index (χ0n) is 16.0. The summed E-state index contributed by atoms with van der Waals surface area (Å²) in [5.41, 5.74) is 1.68. The van der Waals surface area contributed by atoms with Crippen LogP contribution >= 0.6 is 11.3 Å². The summed E-state index contributed by atoms with van der Waals surface area (Å²) in [5.74, 6) is -1.28. The fraction of sp³-hybridized carbons (Fsp3) is 0.300. The van der Waals surface area contributed by atoms with Gasteiger partial charge in [0.2, 0.25) is 0 Å². The molecular weight excluding hydrogens is 392 g/mol. The van der Waals surface area contributed by atoms with Crippen molar-refractivity contribution >= 4 is 39.5 Å². The Hall–Kier alpha value is -3.20. The Kier molecular flexibility index (Phi) is 5.06. The average Bonchev–Trinajstić information content (AvgIpc) is 3.30. The van der Waals surface area contributed by atoms with Gasteiger partial charge in [0, 0.05) is 11.4 Å². The van der Waals surface area contributed by atoms with Gasteiger partial charge in [-0.05, 0) is 44.9 Å². The molecule has 0 spiro atoms. The van der Waals surface area contributed by atoms with E-state index < -0.39 is 24.0 Å². The van der Waals surface area contributed by atoms with Crippen LogP contribution in [0.2, 0.25) is 0 Å². The third kappa shape index (κ3) is 4.14. The van der Waals surface area contributed by atoms with Crippen LogP contribution in [0, 0.1) is 6.92 Å². The Bertz CT molecular complexity index is 1080. The van der Waals surface area contributed by atoms with Crippen molar-refractivity contribution in [2.75, 3.05) is 0 Å². The maximum Gasteiger partial charge on any atom is 0.349 e. The van der Waals surface area contributed by atoms with E-state index in [0.717, 1.165) is 34.4 Å². The van der Waals surface area contributed by atoms with E-state index in [2.05, 4.69) is 15.7 Å². The normalized spacial score (nSPS) is 14.4. The van der Waals surface area contributed by atoms with Crippen LogP contribution in [0.5, 0.6) is 0 Å². The number of amides is 3. The number of ether oxygens (including phenoxy) is 1. The SMILES string of the molecule is Cc1nn(-c2ccccc2)c2sc(C(=O)O[C@H](C)C(=O)NC(=O)NC3CC3)cc12. The number of thiophene rings is 1. The van der Waals surface area contributed by atoms with Crippen molar-refractivity contribution in [3.8, 4) is 5.69 Å². The molecule has 2 N–H and O–H groups in total. The molecule has 1 atom stereocenters. The largest absolute Gasteiger partial charge is 0.448 e. The number of hydrogen-bond donors (Lipinski definition) is 2. The molecule has 2 heterocycles. The summed E-state index contributed by atoms with van der Waals surface area (Å²) in [7, 11) is 0. The molecule has 1 aromatic carbocycles. The number of nitrogens with one attached hydrogen (secondary N) is 2. The topological polar surface area (TPSA) is 102 Å². The number of fused-ring (bicyclic) bond motifs is 1. The zero-order chi connectivity index (χ0) is 20.5. The van der Waals surface area contributed by atoms with Gasteiger partial charge in [0.25, 0.3) is 5.91 Å². The van der Waals surface area contributed by atoms with Crippen LogP contribution in [0.15, 0.2) is 36.4 Å². The van der Waals surface area contributed by atoms with Gasteiger partial charge in [-0.15, -0.1) is 11.3 Å². The highest BCUT2D eigenvalue weighted by atomic mass is 32.1.